The van der Waals surface area contributed by atoms with E-state index in [2.05, 4.69) is 10.1 Å². The van der Waals surface area contributed by atoms with Gasteiger partial charge in [-0.2, -0.15) is 0 Å². The summed E-state index contributed by atoms with van der Waals surface area (Å²) in [6.45, 7) is 1.40. The van der Waals surface area contributed by atoms with Gasteiger partial charge in [-0.15, -0.1) is 37.3 Å². The fourth-order valence-corrected chi connectivity index (χ4v) is 5.12. The van der Waals surface area contributed by atoms with E-state index in [1.165, 1.54) is 36.0 Å². The average molecular weight is 520 g/mol. The third-order valence-corrected chi connectivity index (χ3v) is 6.81. The largest absolute Gasteiger partial charge is 0.573 e. The van der Waals surface area contributed by atoms with Crippen molar-refractivity contribution in [2.45, 2.75) is 43.9 Å². The first-order valence-electron chi connectivity index (χ1n) is 10.5. The predicted molar refractivity (Wildman–Crippen MR) is 123 cm³/mol. The third-order valence-electron chi connectivity index (χ3n) is 5.61. The molecule has 0 bridgehead atoms. The van der Waals surface area contributed by atoms with E-state index in [4.69, 9.17) is 10.5 Å². The van der Waals surface area contributed by atoms with Crippen molar-refractivity contribution < 1.29 is 32.2 Å². The lowest BCUT2D eigenvalue weighted by Gasteiger charge is -2.39. The molecule has 0 aliphatic carbocycles. The second kappa shape index (κ2) is 11.0. The number of hydrogen-bond donors (Lipinski definition) is 2. The standard InChI is InChI=1S/C22H24F3N3O4S.ClH/c23-22(24,25)32-16-3-1-13(2-4-16)10-28-11-14(21(30)27-15-5-7-31-8-6-15)9-18-19(28)20(29)17(26)12-33-18;/h1-4,9,11,15,17,19H,5-8,10,12,26H2,(H,27,30);1H/t17-,19?;/m0./s1. The Bertz CT molecular complexity index is 965. The van der Waals surface area contributed by atoms with Gasteiger partial charge in [-0.05, 0) is 36.6 Å². The Balaban J connectivity index is 0.00000324. The molecule has 0 radical (unpaired) electrons. The van der Waals surface area contributed by atoms with Crippen LogP contribution >= 0.6 is 24.2 Å². The average Bonchev–Trinajstić information content (AvgIpc) is 2.77. The van der Waals surface area contributed by atoms with Gasteiger partial charge in [0.05, 0.1) is 11.6 Å². The van der Waals surface area contributed by atoms with Crippen molar-refractivity contribution in [1.29, 1.82) is 0 Å². The maximum atomic E-state index is 12.9. The molecule has 0 spiro atoms. The summed E-state index contributed by atoms with van der Waals surface area (Å²) in [4.78, 5) is 28.2. The van der Waals surface area contributed by atoms with E-state index < -0.39 is 18.4 Å². The highest BCUT2D eigenvalue weighted by molar-refractivity contribution is 8.03. The Morgan fingerprint density at radius 3 is 2.56 bits per heavy atom. The van der Waals surface area contributed by atoms with Crippen LogP contribution in [0.2, 0.25) is 0 Å². The highest BCUT2D eigenvalue weighted by Crippen LogP contribution is 2.36. The van der Waals surface area contributed by atoms with Gasteiger partial charge in [0.25, 0.3) is 5.91 Å². The van der Waals surface area contributed by atoms with Crippen molar-refractivity contribution in [3.63, 3.8) is 0 Å². The lowest BCUT2D eigenvalue weighted by Crippen LogP contribution is -2.52. The summed E-state index contributed by atoms with van der Waals surface area (Å²) in [5.74, 6) is -0.302. The molecular formula is C22H25ClF3N3O4S. The Kier molecular flexibility index (Phi) is 8.56. The minimum Gasteiger partial charge on any atom is -0.406 e. The fraction of sp³-hybridized carbons (Fsp3) is 0.455. The molecule has 34 heavy (non-hydrogen) atoms. The zero-order valence-corrected chi connectivity index (χ0v) is 19.7. The minimum atomic E-state index is -4.77. The number of alkyl halides is 3. The van der Waals surface area contributed by atoms with Crippen LogP contribution in [0.25, 0.3) is 0 Å². The summed E-state index contributed by atoms with van der Waals surface area (Å²) in [7, 11) is 0. The Hall–Kier alpha value is -2.21. The van der Waals surface area contributed by atoms with Gasteiger partial charge in [-0.1, -0.05) is 12.1 Å². The minimum absolute atomic E-state index is 0. The normalized spacial score (nSPS) is 23.3. The van der Waals surface area contributed by atoms with Crippen LogP contribution in [0.3, 0.4) is 0 Å². The van der Waals surface area contributed by atoms with Gasteiger partial charge in [0.1, 0.15) is 11.8 Å². The summed E-state index contributed by atoms with van der Waals surface area (Å²) in [5.41, 5.74) is 7.05. The van der Waals surface area contributed by atoms with E-state index >= 15 is 0 Å². The molecule has 2 fully saturated rings. The third kappa shape index (κ3) is 6.47. The van der Waals surface area contributed by atoms with Gasteiger partial charge < -0.3 is 25.4 Å². The number of hydrogen-bond acceptors (Lipinski definition) is 7. The first-order valence-corrected chi connectivity index (χ1v) is 11.5. The summed E-state index contributed by atoms with van der Waals surface area (Å²) < 4.78 is 46.5. The van der Waals surface area contributed by atoms with Crippen LogP contribution in [-0.4, -0.2) is 60.0 Å². The number of benzene rings is 1. The van der Waals surface area contributed by atoms with Crippen LogP contribution in [0.5, 0.6) is 5.75 Å². The summed E-state index contributed by atoms with van der Waals surface area (Å²) in [6.07, 6.45) is 0.0438. The van der Waals surface area contributed by atoms with Crippen LogP contribution in [0, 0.1) is 0 Å². The van der Waals surface area contributed by atoms with Gasteiger partial charge >= 0.3 is 6.36 Å². The maximum absolute atomic E-state index is 12.9. The molecule has 3 aliphatic heterocycles. The van der Waals surface area contributed by atoms with Gasteiger partial charge in [0.15, 0.2) is 5.78 Å². The zero-order valence-electron chi connectivity index (χ0n) is 18.0. The Morgan fingerprint density at radius 2 is 1.91 bits per heavy atom. The smallest absolute Gasteiger partial charge is 0.406 e. The number of carbonyl (C=O) groups is 2. The molecule has 3 heterocycles. The van der Waals surface area contributed by atoms with Crippen molar-refractivity contribution in [3.05, 3.63) is 52.6 Å². The highest BCUT2D eigenvalue weighted by Gasteiger charge is 2.39. The Labute approximate surface area is 205 Å². The van der Waals surface area contributed by atoms with Crippen molar-refractivity contribution in [3.8, 4) is 5.75 Å². The molecule has 7 nitrogen and oxygen atoms in total. The number of rotatable bonds is 5. The molecule has 0 saturated carbocycles. The molecule has 3 aliphatic rings. The van der Waals surface area contributed by atoms with Gasteiger partial charge in [0.2, 0.25) is 0 Å². The van der Waals surface area contributed by atoms with Crippen molar-refractivity contribution in [1.82, 2.24) is 10.2 Å². The number of nitrogens with zero attached hydrogens (tertiary/aromatic N) is 1. The summed E-state index contributed by atoms with van der Waals surface area (Å²) in [5, 5.41) is 3.02. The molecule has 2 atom stereocenters. The molecule has 186 valence electrons. The van der Waals surface area contributed by atoms with E-state index in [0.29, 0.717) is 30.1 Å². The molecule has 1 aromatic carbocycles. The number of ketones is 1. The van der Waals surface area contributed by atoms with Crippen LogP contribution < -0.4 is 15.8 Å². The van der Waals surface area contributed by atoms with E-state index in [1.54, 1.807) is 17.2 Å². The fourth-order valence-electron chi connectivity index (χ4n) is 3.96. The summed E-state index contributed by atoms with van der Waals surface area (Å²) in [6, 6.07) is 4.18. The number of halogens is 4. The van der Waals surface area contributed by atoms with Crippen molar-refractivity contribution >= 4 is 35.9 Å². The first-order chi connectivity index (χ1) is 15.7. The lowest BCUT2D eigenvalue weighted by atomic mass is 9.98. The van der Waals surface area contributed by atoms with Crippen LogP contribution in [0.4, 0.5) is 13.2 Å². The molecule has 1 aromatic rings. The molecular weight excluding hydrogens is 495 g/mol. The molecule has 12 heteroatoms. The van der Waals surface area contributed by atoms with Crippen LogP contribution in [-0.2, 0) is 20.9 Å². The van der Waals surface area contributed by atoms with Crippen molar-refractivity contribution in [2.24, 2.45) is 5.73 Å². The van der Waals surface area contributed by atoms with Gasteiger partial charge in [0, 0.05) is 42.7 Å². The Morgan fingerprint density at radius 1 is 1.24 bits per heavy atom. The highest BCUT2D eigenvalue weighted by atomic mass is 35.5. The number of amides is 1. The number of carbonyl (C=O) groups excluding carboxylic acids is 2. The number of Topliss-reactive ketones (excluding diaryl/α,β-unsaturated/α-hetero) is 1. The quantitative estimate of drug-likeness (QED) is 0.618. The second-order valence-corrected chi connectivity index (χ2v) is 9.17. The summed E-state index contributed by atoms with van der Waals surface area (Å²) >= 11 is 1.44. The number of ether oxygens (including phenoxy) is 2. The van der Waals surface area contributed by atoms with E-state index in [9.17, 15) is 22.8 Å². The first kappa shape index (κ1) is 26.4. The number of thioether (sulfide) groups is 1. The number of fused-ring (bicyclic) bond motifs is 1. The monoisotopic (exact) mass is 519 g/mol. The lowest BCUT2D eigenvalue weighted by molar-refractivity contribution is -0.274. The van der Waals surface area contributed by atoms with Crippen LogP contribution in [0.1, 0.15) is 18.4 Å². The van der Waals surface area contributed by atoms with Crippen LogP contribution in [0.15, 0.2) is 47.0 Å². The molecule has 1 amide bonds. The van der Waals surface area contributed by atoms with Gasteiger partial charge in [-0.25, -0.2) is 0 Å². The molecule has 4 rings (SSSR count). The zero-order chi connectivity index (χ0) is 23.6. The van der Waals surface area contributed by atoms with Crippen molar-refractivity contribution in [2.75, 3.05) is 19.0 Å². The number of nitrogens with one attached hydrogen (secondary N) is 1. The molecule has 1 unspecified atom stereocenters. The SMILES string of the molecule is Cl.N[C@H]1CSC2=CC(C(=O)NC3CCOCC3)=CN(Cc3ccc(OC(F)(F)F)cc3)C2C1=O. The number of nitrogens with two attached hydrogens (primary N) is 1. The second-order valence-electron chi connectivity index (χ2n) is 8.08. The van der Waals surface area contributed by atoms with E-state index in [1.807, 2.05) is 0 Å². The van der Waals surface area contributed by atoms with E-state index in [-0.39, 0.29) is 42.4 Å². The van der Waals surface area contributed by atoms with Gasteiger partial charge in [-0.3, -0.25) is 9.59 Å². The molecule has 3 N–H and O–H groups in total. The topological polar surface area (TPSA) is 93.9 Å². The molecule has 0 aromatic heterocycles. The predicted octanol–water partition coefficient (Wildman–Crippen LogP) is 2.90. The van der Waals surface area contributed by atoms with E-state index in [0.717, 1.165) is 17.7 Å². The molecule has 2 saturated heterocycles. The maximum Gasteiger partial charge on any atom is 0.573 e.